The van der Waals surface area contributed by atoms with Crippen LogP contribution in [0.3, 0.4) is 0 Å². The molecule has 0 amide bonds. The third-order valence-electron chi connectivity index (χ3n) is 5.28. The minimum Gasteiger partial charge on any atom is -0.357 e. The number of likely N-dealkylation sites (tertiary alicyclic amines) is 1. The number of guanidine groups is 1. The third-order valence-corrected chi connectivity index (χ3v) is 5.28. The van der Waals surface area contributed by atoms with Crippen LogP contribution in [0, 0.1) is 5.92 Å². The van der Waals surface area contributed by atoms with Gasteiger partial charge in [-0.3, -0.25) is 4.57 Å². The van der Waals surface area contributed by atoms with Crippen molar-refractivity contribution in [2.24, 2.45) is 10.9 Å². The van der Waals surface area contributed by atoms with Crippen LogP contribution in [0.1, 0.15) is 24.5 Å². The van der Waals surface area contributed by atoms with Crippen LogP contribution >= 0.6 is 0 Å². The lowest BCUT2D eigenvalue weighted by Gasteiger charge is -2.21. The minimum absolute atomic E-state index is 0.624. The Morgan fingerprint density at radius 1 is 1.17 bits per heavy atom. The summed E-state index contributed by atoms with van der Waals surface area (Å²) in [5.74, 6) is 2.55. The molecule has 29 heavy (non-hydrogen) atoms. The summed E-state index contributed by atoms with van der Waals surface area (Å²) in [6.45, 7) is 5.73. The van der Waals surface area contributed by atoms with Gasteiger partial charge in [-0.05, 0) is 42.9 Å². The molecule has 150 valence electrons. The van der Waals surface area contributed by atoms with Gasteiger partial charge in [0.25, 0.3) is 0 Å². The fourth-order valence-electron chi connectivity index (χ4n) is 3.79. The van der Waals surface area contributed by atoms with Crippen molar-refractivity contribution in [3.8, 4) is 5.82 Å². The van der Waals surface area contributed by atoms with Gasteiger partial charge in [-0.15, -0.1) is 0 Å². The zero-order valence-corrected chi connectivity index (χ0v) is 16.9. The zero-order chi connectivity index (χ0) is 19.9. The van der Waals surface area contributed by atoms with Crippen molar-refractivity contribution in [2.75, 3.05) is 19.6 Å². The molecule has 1 aromatic carbocycles. The highest BCUT2D eigenvalue weighted by Gasteiger charge is 2.24. The Bertz CT molecular complexity index is 902. The Labute approximate surface area is 172 Å². The Hall–Kier alpha value is -3.15. The summed E-state index contributed by atoms with van der Waals surface area (Å²) in [5, 5.41) is 3.46. The molecule has 2 aromatic heterocycles. The van der Waals surface area contributed by atoms with E-state index in [2.05, 4.69) is 63.5 Å². The van der Waals surface area contributed by atoms with E-state index in [4.69, 9.17) is 4.99 Å². The van der Waals surface area contributed by atoms with E-state index in [1.54, 1.807) is 12.5 Å². The van der Waals surface area contributed by atoms with Gasteiger partial charge >= 0.3 is 0 Å². The van der Waals surface area contributed by atoms with Crippen LogP contribution in [-0.4, -0.2) is 45.0 Å². The summed E-state index contributed by atoms with van der Waals surface area (Å²) >= 11 is 0. The second-order valence-electron chi connectivity index (χ2n) is 7.46. The smallest absolute Gasteiger partial charge is 0.194 e. The Balaban J connectivity index is 1.37. The predicted octanol–water partition coefficient (Wildman–Crippen LogP) is 3.30. The van der Waals surface area contributed by atoms with Crippen LogP contribution in [0.2, 0.25) is 0 Å². The first-order chi connectivity index (χ1) is 14.3. The predicted molar refractivity (Wildman–Crippen MR) is 116 cm³/mol. The van der Waals surface area contributed by atoms with Gasteiger partial charge in [0.15, 0.2) is 5.96 Å². The summed E-state index contributed by atoms with van der Waals surface area (Å²) in [5.41, 5.74) is 2.52. The van der Waals surface area contributed by atoms with Gasteiger partial charge in [-0.2, -0.15) is 0 Å². The van der Waals surface area contributed by atoms with Crippen LogP contribution in [0.25, 0.3) is 5.82 Å². The number of nitrogens with one attached hydrogen (secondary N) is 1. The zero-order valence-electron chi connectivity index (χ0n) is 16.9. The Kier molecular flexibility index (Phi) is 6.19. The molecule has 1 unspecified atom stereocenters. The molecule has 1 fully saturated rings. The SMILES string of the molecule is CCNC(=NCc1ccc(-n2ccnc2)nc1)N1CCC(Cc2ccccc2)C1. The second-order valence-corrected chi connectivity index (χ2v) is 7.46. The summed E-state index contributed by atoms with van der Waals surface area (Å²) in [6, 6.07) is 14.9. The molecular formula is C23H28N6. The monoisotopic (exact) mass is 388 g/mol. The molecule has 0 bridgehead atoms. The highest BCUT2D eigenvalue weighted by atomic mass is 15.3. The molecule has 1 saturated heterocycles. The van der Waals surface area contributed by atoms with Crippen molar-refractivity contribution < 1.29 is 0 Å². The number of pyridine rings is 1. The number of nitrogens with zero attached hydrogens (tertiary/aromatic N) is 5. The molecule has 0 radical (unpaired) electrons. The average Bonchev–Trinajstić information content (AvgIpc) is 3.45. The standard InChI is InChI=1S/C23H28N6/c1-2-25-23(28-12-10-20(17-28)14-19-6-4-3-5-7-19)27-16-21-8-9-22(26-15-21)29-13-11-24-18-29/h3-9,11,13,15,18,20H,2,10,12,14,16-17H2,1H3,(H,25,27). The molecule has 4 rings (SSSR count). The fraction of sp³-hybridized carbons (Fsp3) is 0.348. The van der Waals surface area contributed by atoms with Crippen molar-refractivity contribution in [1.82, 2.24) is 24.8 Å². The van der Waals surface area contributed by atoms with E-state index in [0.29, 0.717) is 12.5 Å². The fourth-order valence-corrected chi connectivity index (χ4v) is 3.79. The molecule has 1 N–H and O–H groups in total. The number of aliphatic imine (C=N–C) groups is 1. The molecule has 1 atom stereocenters. The van der Waals surface area contributed by atoms with Crippen molar-refractivity contribution in [2.45, 2.75) is 26.3 Å². The van der Waals surface area contributed by atoms with Crippen molar-refractivity contribution in [3.63, 3.8) is 0 Å². The Morgan fingerprint density at radius 3 is 2.79 bits per heavy atom. The van der Waals surface area contributed by atoms with Gasteiger partial charge < -0.3 is 10.2 Å². The maximum Gasteiger partial charge on any atom is 0.194 e. The van der Waals surface area contributed by atoms with Crippen LogP contribution < -0.4 is 5.32 Å². The van der Waals surface area contributed by atoms with Crippen molar-refractivity contribution >= 4 is 5.96 Å². The molecule has 0 aliphatic carbocycles. The molecule has 6 heteroatoms. The van der Waals surface area contributed by atoms with E-state index in [0.717, 1.165) is 43.4 Å². The maximum atomic E-state index is 4.87. The average molecular weight is 389 g/mol. The first-order valence-corrected chi connectivity index (χ1v) is 10.3. The summed E-state index contributed by atoms with van der Waals surface area (Å²) in [7, 11) is 0. The first-order valence-electron chi connectivity index (χ1n) is 10.3. The van der Waals surface area contributed by atoms with Crippen LogP contribution in [-0.2, 0) is 13.0 Å². The molecule has 6 nitrogen and oxygen atoms in total. The number of hydrogen-bond donors (Lipinski definition) is 1. The topological polar surface area (TPSA) is 58.3 Å². The van der Waals surface area contributed by atoms with Gasteiger partial charge in [-0.1, -0.05) is 36.4 Å². The van der Waals surface area contributed by atoms with E-state index < -0.39 is 0 Å². The van der Waals surface area contributed by atoms with Gasteiger partial charge in [0.2, 0.25) is 0 Å². The van der Waals surface area contributed by atoms with Gasteiger partial charge in [0, 0.05) is 38.2 Å². The summed E-state index contributed by atoms with van der Waals surface area (Å²) in [4.78, 5) is 15.9. The molecule has 1 aliphatic rings. The molecule has 1 aliphatic heterocycles. The third kappa shape index (κ3) is 5.02. The lowest BCUT2D eigenvalue weighted by atomic mass is 9.99. The lowest BCUT2D eigenvalue weighted by Crippen LogP contribution is -2.40. The van der Waals surface area contributed by atoms with Crippen LogP contribution in [0.5, 0.6) is 0 Å². The molecule has 0 spiro atoms. The van der Waals surface area contributed by atoms with E-state index >= 15 is 0 Å². The lowest BCUT2D eigenvalue weighted by molar-refractivity contribution is 0.460. The quantitative estimate of drug-likeness (QED) is 0.520. The number of hydrogen-bond acceptors (Lipinski definition) is 3. The maximum absolute atomic E-state index is 4.87. The largest absolute Gasteiger partial charge is 0.357 e. The van der Waals surface area contributed by atoms with Gasteiger partial charge in [-0.25, -0.2) is 15.0 Å². The van der Waals surface area contributed by atoms with Crippen molar-refractivity contribution in [3.05, 3.63) is 78.5 Å². The molecule has 3 heterocycles. The highest BCUT2D eigenvalue weighted by Crippen LogP contribution is 2.21. The van der Waals surface area contributed by atoms with E-state index in [-0.39, 0.29) is 0 Å². The number of aromatic nitrogens is 3. The number of rotatable bonds is 6. The van der Waals surface area contributed by atoms with E-state index in [9.17, 15) is 0 Å². The van der Waals surface area contributed by atoms with Crippen LogP contribution in [0.4, 0.5) is 0 Å². The first kappa shape index (κ1) is 19.2. The van der Waals surface area contributed by atoms with E-state index in [1.807, 2.05) is 23.0 Å². The number of imidazole rings is 1. The second kappa shape index (κ2) is 9.37. The van der Waals surface area contributed by atoms with Gasteiger partial charge in [0.1, 0.15) is 12.1 Å². The molecule has 0 saturated carbocycles. The normalized spacial score (nSPS) is 16.9. The van der Waals surface area contributed by atoms with Gasteiger partial charge in [0.05, 0.1) is 6.54 Å². The number of benzene rings is 1. The van der Waals surface area contributed by atoms with Crippen LogP contribution in [0.15, 0.2) is 72.4 Å². The minimum atomic E-state index is 0.624. The highest BCUT2D eigenvalue weighted by molar-refractivity contribution is 5.80. The molecular weight excluding hydrogens is 360 g/mol. The van der Waals surface area contributed by atoms with E-state index in [1.165, 1.54) is 12.0 Å². The molecule has 3 aromatic rings. The summed E-state index contributed by atoms with van der Waals surface area (Å²) < 4.78 is 1.90. The summed E-state index contributed by atoms with van der Waals surface area (Å²) in [6.07, 6.45) is 9.64. The van der Waals surface area contributed by atoms with Crippen molar-refractivity contribution in [1.29, 1.82) is 0 Å². The Morgan fingerprint density at radius 2 is 2.07 bits per heavy atom.